The molecule has 0 fully saturated rings. The van der Waals surface area contributed by atoms with Crippen LogP contribution in [0.2, 0.25) is 0 Å². The molecule has 0 unspecified atom stereocenters. The van der Waals surface area contributed by atoms with Gasteiger partial charge in [0.2, 0.25) is 0 Å². The number of carbonyl (C=O) groups is 2. The smallest absolute Gasteiger partial charge is 0.343 e. The Labute approximate surface area is 197 Å². The van der Waals surface area contributed by atoms with E-state index >= 15 is 0 Å². The van der Waals surface area contributed by atoms with E-state index in [0.717, 1.165) is 4.47 Å². The number of rotatable bonds is 8. The number of nitrogens with zero attached hydrogens (tertiary/aromatic N) is 2. The molecule has 0 radical (unpaired) electrons. The van der Waals surface area contributed by atoms with Crippen molar-refractivity contribution in [2.75, 3.05) is 0 Å². The minimum absolute atomic E-state index is 0.0816. The number of non-ortho nitro benzene ring substituents is 1. The van der Waals surface area contributed by atoms with Gasteiger partial charge in [0.15, 0.2) is 6.10 Å². The van der Waals surface area contributed by atoms with Crippen molar-refractivity contribution < 1.29 is 24.0 Å². The Hall–Kier alpha value is -4.05. The highest BCUT2D eigenvalue weighted by atomic mass is 79.9. The fourth-order valence-electron chi connectivity index (χ4n) is 2.61. The predicted octanol–water partition coefficient (Wildman–Crippen LogP) is 4.49. The highest BCUT2D eigenvalue weighted by Gasteiger charge is 2.15. The molecule has 0 aliphatic carbocycles. The van der Waals surface area contributed by atoms with E-state index < -0.39 is 22.9 Å². The number of carbonyl (C=O) groups excluding carboxylic acids is 2. The molecule has 9 nitrogen and oxygen atoms in total. The van der Waals surface area contributed by atoms with Crippen LogP contribution in [0.15, 0.2) is 82.4 Å². The molecule has 0 saturated heterocycles. The second kappa shape index (κ2) is 11.0. The predicted molar refractivity (Wildman–Crippen MR) is 124 cm³/mol. The summed E-state index contributed by atoms with van der Waals surface area (Å²) in [5, 5.41) is 14.6. The highest BCUT2D eigenvalue weighted by Crippen LogP contribution is 2.23. The molecule has 0 aliphatic heterocycles. The van der Waals surface area contributed by atoms with Gasteiger partial charge in [-0.05, 0) is 49.4 Å². The number of ether oxygens (including phenoxy) is 2. The van der Waals surface area contributed by atoms with Gasteiger partial charge in [-0.25, -0.2) is 10.2 Å². The van der Waals surface area contributed by atoms with Gasteiger partial charge in [-0.2, -0.15) is 5.10 Å². The van der Waals surface area contributed by atoms with Gasteiger partial charge in [0.1, 0.15) is 11.5 Å². The van der Waals surface area contributed by atoms with E-state index in [1.165, 1.54) is 37.4 Å². The van der Waals surface area contributed by atoms with Crippen molar-refractivity contribution >= 4 is 39.7 Å². The van der Waals surface area contributed by atoms with Crippen LogP contribution in [0.3, 0.4) is 0 Å². The van der Waals surface area contributed by atoms with Crippen molar-refractivity contribution in [2.24, 2.45) is 5.10 Å². The first-order valence-corrected chi connectivity index (χ1v) is 10.4. The Morgan fingerprint density at radius 3 is 2.45 bits per heavy atom. The fourth-order valence-corrected chi connectivity index (χ4v) is 2.99. The van der Waals surface area contributed by atoms with Gasteiger partial charge >= 0.3 is 5.97 Å². The van der Waals surface area contributed by atoms with E-state index in [9.17, 15) is 19.7 Å². The summed E-state index contributed by atoms with van der Waals surface area (Å²) < 4.78 is 11.7. The van der Waals surface area contributed by atoms with Gasteiger partial charge in [0.05, 0.1) is 16.7 Å². The van der Waals surface area contributed by atoms with Crippen LogP contribution in [-0.4, -0.2) is 29.1 Å². The van der Waals surface area contributed by atoms with Gasteiger partial charge in [0.25, 0.3) is 11.6 Å². The largest absolute Gasteiger partial charge is 0.481 e. The Kier molecular flexibility index (Phi) is 7.87. The number of benzene rings is 3. The second-order valence-electron chi connectivity index (χ2n) is 6.68. The molecule has 168 valence electrons. The van der Waals surface area contributed by atoms with E-state index in [0.29, 0.717) is 16.9 Å². The van der Waals surface area contributed by atoms with Crippen molar-refractivity contribution in [1.82, 2.24) is 5.43 Å². The van der Waals surface area contributed by atoms with Crippen LogP contribution in [0.25, 0.3) is 0 Å². The molecule has 3 aromatic rings. The van der Waals surface area contributed by atoms with Crippen LogP contribution in [0, 0.1) is 10.1 Å². The lowest BCUT2D eigenvalue weighted by Crippen LogP contribution is -2.33. The number of nitro benzene ring substituents is 1. The van der Waals surface area contributed by atoms with E-state index in [-0.39, 0.29) is 11.4 Å². The minimum Gasteiger partial charge on any atom is -0.481 e. The maximum absolute atomic E-state index is 12.4. The van der Waals surface area contributed by atoms with Gasteiger partial charge in [-0.15, -0.1) is 0 Å². The van der Waals surface area contributed by atoms with Crippen molar-refractivity contribution in [3.05, 3.63) is 98.5 Å². The van der Waals surface area contributed by atoms with Crippen LogP contribution in [0.5, 0.6) is 11.5 Å². The second-order valence-corrected chi connectivity index (χ2v) is 7.60. The van der Waals surface area contributed by atoms with E-state index in [1.807, 2.05) is 0 Å². The zero-order valence-electron chi connectivity index (χ0n) is 17.3. The number of nitro groups is 1. The molecule has 0 aliphatic rings. The van der Waals surface area contributed by atoms with E-state index in [2.05, 4.69) is 26.5 Å². The monoisotopic (exact) mass is 511 g/mol. The Balaban J connectivity index is 1.63. The molecule has 3 rings (SSSR count). The Bertz CT molecular complexity index is 1180. The van der Waals surface area contributed by atoms with E-state index in [1.54, 1.807) is 48.5 Å². The van der Waals surface area contributed by atoms with Gasteiger partial charge in [-0.1, -0.05) is 34.1 Å². The molecule has 3 aromatic carbocycles. The zero-order valence-corrected chi connectivity index (χ0v) is 18.9. The van der Waals surface area contributed by atoms with Crippen LogP contribution in [-0.2, 0) is 4.79 Å². The third-order valence-corrected chi connectivity index (χ3v) is 4.79. The number of hydrogen-bond acceptors (Lipinski definition) is 7. The third-order valence-electron chi connectivity index (χ3n) is 4.29. The normalized spacial score (nSPS) is 11.6. The standard InChI is InChI=1S/C23H18BrN3O6/c1-15(32-20-10-8-19(9-11-20)27(30)31)22(28)26-25-14-17-13-18(24)7-12-21(17)33-23(29)16-5-3-2-4-6-16/h2-15H,1H3,(H,26,28)/b25-14-/t15-/m1/s1. The fraction of sp³-hybridized carbons (Fsp3) is 0.0870. The number of amides is 1. The number of hydrazone groups is 1. The van der Waals surface area contributed by atoms with Crippen LogP contribution >= 0.6 is 15.9 Å². The van der Waals surface area contributed by atoms with Crippen molar-refractivity contribution in [3.63, 3.8) is 0 Å². The number of hydrogen-bond donors (Lipinski definition) is 1. The Morgan fingerprint density at radius 2 is 1.79 bits per heavy atom. The lowest BCUT2D eigenvalue weighted by atomic mass is 10.2. The van der Waals surface area contributed by atoms with E-state index in [4.69, 9.17) is 9.47 Å². The highest BCUT2D eigenvalue weighted by molar-refractivity contribution is 9.10. The first-order chi connectivity index (χ1) is 15.8. The summed E-state index contributed by atoms with van der Waals surface area (Å²) in [5.41, 5.74) is 3.13. The SMILES string of the molecule is C[C@@H](Oc1ccc([N+](=O)[O-])cc1)C(=O)N/N=C\c1cc(Br)ccc1OC(=O)c1ccccc1. The summed E-state index contributed by atoms with van der Waals surface area (Å²) >= 11 is 3.35. The van der Waals surface area contributed by atoms with Gasteiger partial charge < -0.3 is 9.47 Å². The summed E-state index contributed by atoms with van der Waals surface area (Å²) in [5.74, 6) is -0.501. The number of nitrogens with one attached hydrogen (secondary N) is 1. The van der Waals surface area contributed by atoms with Crippen molar-refractivity contribution in [2.45, 2.75) is 13.0 Å². The molecule has 10 heteroatoms. The minimum atomic E-state index is -0.915. The summed E-state index contributed by atoms with van der Waals surface area (Å²) in [6, 6.07) is 18.9. The number of halogens is 1. The van der Waals surface area contributed by atoms with Crippen LogP contribution in [0.1, 0.15) is 22.8 Å². The molecular formula is C23H18BrN3O6. The molecular weight excluding hydrogens is 494 g/mol. The topological polar surface area (TPSA) is 120 Å². The molecule has 0 heterocycles. The van der Waals surface area contributed by atoms with Crippen LogP contribution in [0.4, 0.5) is 5.69 Å². The number of esters is 1. The molecule has 0 aromatic heterocycles. The summed E-state index contributed by atoms with van der Waals surface area (Å²) in [6.45, 7) is 1.51. The molecule has 1 N–H and O–H groups in total. The first kappa shape index (κ1) is 23.6. The molecule has 0 saturated carbocycles. The van der Waals surface area contributed by atoms with Crippen LogP contribution < -0.4 is 14.9 Å². The maximum Gasteiger partial charge on any atom is 0.343 e. The summed E-state index contributed by atoms with van der Waals surface area (Å²) in [7, 11) is 0. The maximum atomic E-state index is 12.4. The third kappa shape index (κ3) is 6.71. The average Bonchev–Trinajstić information content (AvgIpc) is 2.81. The summed E-state index contributed by atoms with van der Waals surface area (Å²) in [6.07, 6.45) is 0.427. The lowest BCUT2D eigenvalue weighted by molar-refractivity contribution is -0.384. The molecule has 33 heavy (non-hydrogen) atoms. The zero-order chi connectivity index (χ0) is 23.8. The molecule has 1 atom stereocenters. The van der Waals surface area contributed by atoms with Gasteiger partial charge in [-0.3, -0.25) is 14.9 Å². The lowest BCUT2D eigenvalue weighted by Gasteiger charge is -2.12. The first-order valence-electron chi connectivity index (χ1n) is 9.64. The quantitative estimate of drug-likeness (QED) is 0.156. The van der Waals surface area contributed by atoms with Crippen molar-refractivity contribution in [1.29, 1.82) is 0 Å². The average molecular weight is 512 g/mol. The van der Waals surface area contributed by atoms with Gasteiger partial charge in [0, 0.05) is 22.2 Å². The van der Waals surface area contributed by atoms with Crippen molar-refractivity contribution in [3.8, 4) is 11.5 Å². The summed E-state index contributed by atoms with van der Waals surface area (Å²) in [4.78, 5) is 34.8. The molecule has 1 amide bonds. The molecule has 0 bridgehead atoms. The Morgan fingerprint density at radius 1 is 1.09 bits per heavy atom. The molecule has 0 spiro atoms.